The largest absolute Gasteiger partial charge is 0.458 e. The van der Waals surface area contributed by atoms with Gasteiger partial charge in [0.1, 0.15) is 5.76 Å². The third-order valence-electron chi connectivity index (χ3n) is 2.26. The molecular weight excluding hydrogens is 226 g/mol. The van der Waals surface area contributed by atoms with E-state index < -0.39 is 0 Å². The number of hydrogen-bond acceptors (Lipinski definition) is 3. The molecule has 0 radical (unpaired) electrons. The van der Waals surface area contributed by atoms with E-state index in [4.69, 9.17) is 16.0 Å². The third kappa shape index (κ3) is 1.47. The van der Waals surface area contributed by atoms with Gasteiger partial charge in [-0.25, -0.2) is 9.50 Å². The van der Waals surface area contributed by atoms with Crippen LogP contribution in [0.4, 0.5) is 0 Å². The van der Waals surface area contributed by atoms with Crippen LogP contribution < -0.4 is 0 Å². The lowest BCUT2D eigenvalue weighted by Gasteiger charge is -1.89. The van der Waals surface area contributed by atoms with Crippen LogP contribution in [0.1, 0.15) is 5.76 Å². The van der Waals surface area contributed by atoms with Crippen LogP contribution in [-0.2, 0) is 0 Å². The Morgan fingerprint density at radius 1 is 1.31 bits per heavy atom. The minimum Gasteiger partial charge on any atom is -0.458 e. The van der Waals surface area contributed by atoms with Gasteiger partial charge < -0.3 is 4.42 Å². The average molecular weight is 234 g/mol. The Morgan fingerprint density at radius 3 is 2.94 bits per heavy atom. The van der Waals surface area contributed by atoms with Crippen LogP contribution >= 0.6 is 11.6 Å². The Morgan fingerprint density at radius 2 is 2.19 bits per heavy atom. The van der Waals surface area contributed by atoms with Crippen molar-refractivity contribution >= 4 is 17.2 Å². The fourth-order valence-corrected chi connectivity index (χ4v) is 1.67. The van der Waals surface area contributed by atoms with Gasteiger partial charge in [0.25, 0.3) is 0 Å². The van der Waals surface area contributed by atoms with Crippen LogP contribution in [0.15, 0.2) is 34.9 Å². The summed E-state index contributed by atoms with van der Waals surface area (Å²) in [7, 11) is 0. The molecule has 80 valence electrons. The van der Waals surface area contributed by atoms with Gasteiger partial charge >= 0.3 is 0 Å². The molecule has 0 amide bonds. The summed E-state index contributed by atoms with van der Waals surface area (Å²) >= 11 is 5.87. The first-order chi connectivity index (χ1) is 7.72. The van der Waals surface area contributed by atoms with Gasteiger partial charge in [-0.3, -0.25) is 0 Å². The van der Waals surface area contributed by atoms with Crippen molar-refractivity contribution in [2.24, 2.45) is 0 Å². The predicted octanol–water partition coefficient (Wildman–Crippen LogP) is 2.95. The standard InChI is InChI=1S/C11H8ClN3O/c1-7-2-3-9(16-7)11-13-10-6-8(12)4-5-15(10)14-11/h2-6H,1H3. The Balaban J connectivity index is 2.18. The van der Waals surface area contributed by atoms with Crippen LogP contribution in [0.2, 0.25) is 5.02 Å². The number of nitrogens with zero attached hydrogens (tertiary/aromatic N) is 3. The van der Waals surface area contributed by atoms with Crippen molar-refractivity contribution in [3.8, 4) is 11.6 Å². The molecule has 0 unspecified atom stereocenters. The van der Waals surface area contributed by atoms with Crippen molar-refractivity contribution in [1.29, 1.82) is 0 Å². The minimum absolute atomic E-state index is 0.565. The number of furan rings is 1. The van der Waals surface area contributed by atoms with Crippen molar-refractivity contribution in [1.82, 2.24) is 14.6 Å². The second-order valence-electron chi connectivity index (χ2n) is 3.49. The fourth-order valence-electron chi connectivity index (χ4n) is 1.52. The third-order valence-corrected chi connectivity index (χ3v) is 2.50. The summed E-state index contributed by atoms with van der Waals surface area (Å²) in [5.41, 5.74) is 0.705. The summed E-state index contributed by atoms with van der Waals surface area (Å²) in [6.07, 6.45) is 1.77. The topological polar surface area (TPSA) is 43.3 Å². The van der Waals surface area contributed by atoms with E-state index in [0.717, 1.165) is 5.76 Å². The summed E-state index contributed by atoms with van der Waals surface area (Å²) in [5, 5.41) is 4.93. The van der Waals surface area contributed by atoms with Crippen molar-refractivity contribution in [2.75, 3.05) is 0 Å². The van der Waals surface area contributed by atoms with E-state index >= 15 is 0 Å². The molecule has 0 saturated heterocycles. The van der Waals surface area contributed by atoms with E-state index in [1.165, 1.54) is 0 Å². The Kier molecular flexibility index (Phi) is 1.97. The average Bonchev–Trinajstić information content (AvgIpc) is 2.83. The second-order valence-corrected chi connectivity index (χ2v) is 3.93. The number of halogens is 1. The predicted molar refractivity (Wildman–Crippen MR) is 60.4 cm³/mol. The molecule has 0 saturated carbocycles. The van der Waals surface area contributed by atoms with Crippen molar-refractivity contribution in [3.05, 3.63) is 41.2 Å². The lowest BCUT2D eigenvalue weighted by molar-refractivity contribution is 0.544. The van der Waals surface area contributed by atoms with Crippen LogP contribution in [0, 0.1) is 6.92 Å². The first kappa shape index (κ1) is 9.42. The van der Waals surface area contributed by atoms with Crippen molar-refractivity contribution in [2.45, 2.75) is 6.92 Å². The van der Waals surface area contributed by atoms with E-state index in [2.05, 4.69) is 10.1 Å². The molecular formula is C11H8ClN3O. The first-order valence-electron chi connectivity index (χ1n) is 4.81. The van der Waals surface area contributed by atoms with Gasteiger partial charge in [-0.05, 0) is 25.1 Å². The van der Waals surface area contributed by atoms with E-state index in [1.807, 2.05) is 19.1 Å². The van der Waals surface area contributed by atoms with Crippen molar-refractivity contribution in [3.63, 3.8) is 0 Å². The quantitative estimate of drug-likeness (QED) is 0.649. The molecule has 4 nitrogen and oxygen atoms in total. The number of rotatable bonds is 1. The molecule has 5 heteroatoms. The monoisotopic (exact) mass is 233 g/mol. The zero-order chi connectivity index (χ0) is 11.1. The summed E-state index contributed by atoms with van der Waals surface area (Å²) in [6.45, 7) is 1.89. The highest BCUT2D eigenvalue weighted by Gasteiger charge is 2.09. The summed E-state index contributed by atoms with van der Waals surface area (Å²) in [4.78, 5) is 4.33. The molecule has 0 aliphatic carbocycles. The highest BCUT2D eigenvalue weighted by molar-refractivity contribution is 6.30. The normalized spacial score (nSPS) is 11.1. The number of pyridine rings is 1. The summed E-state index contributed by atoms with van der Waals surface area (Å²) in [6, 6.07) is 7.26. The molecule has 0 bridgehead atoms. The van der Waals surface area contributed by atoms with Crippen LogP contribution in [0.25, 0.3) is 17.2 Å². The molecule has 0 N–H and O–H groups in total. The Bertz CT molecular complexity index is 656. The lowest BCUT2D eigenvalue weighted by atomic mass is 10.4. The number of aromatic nitrogens is 3. The molecule has 0 aliphatic heterocycles. The van der Waals surface area contributed by atoms with Gasteiger partial charge in [-0.1, -0.05) is 11.6 Å². The molecule has 3 aromatic heterocycles. The highest BCUT2D eigenvalue weighted by Crippen LogP contribution is 2.20. The van der Waals surface area contributed by atoms with Crippen LogP contribution in [0.5, 0.6) is 0 Å². The van der Waals surface area contributed by atoms with Crippen LogP contribution in [0.3, 0.4) is 0 Å². The SMILES string of the molecule is Cc1ccc(-c2nc3cc(Cl)ccn3n2)o1. The number of fused-ring (bicyclic) bond motifs is 1. The zero-order valence-electron chi connectivity index (χ0n) is 8.51. The fraction of sp³-hybridized carbons (Fsp3) is 0.0909. The van der Waals surface area contributed by atoms with E-state index in [1.54, 1.807) is 22.8 Å². The summed E-state index contributed by atoms with van der Waals surface area (Å²) < 4.78 is 7.12. The molecule has 0 aliphatic rings. The van der Waals surface area contributed by atoms with E-state index in [-0.39, 0.29) is 0 Å². The van der Waals surface area contributed by atoms with Gasteiger partial charge in [0.2, 0.25) is 5.82 Å². The molecule has 0 fully saturated rings. The molecule has 0 aromatic carbocycles. The number of aryl methyl sites for hydroxylation is 1. The van der Waals surface area contributed by atoms with E-state index in [9.17, 15) is 0 Å². The maximum absolute atomic E-state index is 5.87. The molecule has 3 aromatic rings. The second kappa shape index (κ2) is 3.35. The Hall–Kier alpha value is -1.81. The maximum Gasteiger partial charge on any atom is 0.217 e. The van der Waals surface area contributed by atoms with Gasteiger partial charge in [-0.2, -0.15) is 0 Å². The first-order valence-corrected chi connectivity index (χ1v) is 5.19. The highest BCUT2D eigenvalue weighted by atomic mass is 35.5. The molecule has 16 heavy (non-hydrogen) atoms. The van der Waals surface area contributed by atoms with Gasteiger partial charge in [0, 0.05) is 17.3 Å². The molecule has 0 atom stereocenters. The smallest absolute Gasteiger partial charge is 0.217 e. The Labute approximate surface area is 96.5 Å². The number of hydrogen-bond donors (Lipinski definition) is 0. The molecule has 0 spiro atoms. The van der Waals surface area contributed by atoms with Gasteiger partial charge in [0.05, 0.1) is 0 Å². The van der Waals surface area contributed by atoms with Crippen LogP contribution in [-0.4, -0.2) is 14.6 Å². The minimum atomic E-state index is 0.565. The van der Waals surface area contributed by atoms with Gasteiger partial charge in [-0.15, -0.1) is 5.10 Å². The molecule has 3 rings (SSSR count). The molecule has 3 heterocycles. The zero-order valence-corrected chi connectivity index (χ0v) is 9.27. The maximum atomic E-state index is 5.87. The van der Waals surface area contributed by atoms with E-state index in [0.29, 0.717) is 22.3 Å². The van der Waals surface area contributed by atoms with Gasteiger partial charge in [0.15, 0.2) is 11.4 Å². The lowest BCUT2D eigenvalue weighted by Crippen LogP contribution is -1.84. The van der Waals surface area contributed by atoms with Crippen molar-refractivity contribution < 1.29 is 4.42 Å². The summed E-state index contributed by atoms with van der Waals surface area (Å²) in [5.74, 6) is 2.07.